The highest BCUT2D eigenvalue weighted by Crippen LogP contribution is 2.27. The van der Waals surface area contributed by atoms with Crippen LogP contribution in [0.2, 0.25) is 0 Å². The summed E-state index contributed by atoms with van der Waals surface area (Å²) in [6, 6.07) is 11.4. The third kappa shape index (κ3) is 6.09. The van der Waals surface area contributed by atoms with Crippen molar-refractivity contribution >= 4 is 56.0 Å². The number of sulfonamides is 1. The van der Waals surface area contributed by atoms with Crippen molar-refractivity contribution in [2.75, 3.05) is 16.4 Å². The third-order valence-corrected chi connectivity index (χ3v) is 6.46. The van der Waals surface area contributed by atoms with Gasteiger partial charge in [-0.1, -0.05) is 25.1 Å². The van der Waals surface area contributed by atoms with Crippen molar-refractivity contribution in [1.82, 2.24) is 9.55 Å². The van der Waals surface area contributed by atoms with Crippen LogP contribution in [0.1, 0.15) is 26.7 Å². The van der Waals surface area contributed by atoms with Crippen LogP contribution < -0.4 is 15.8 Å². The topological polar surface area (TPSA) is 136 Å². The average Bonchev–Trinajstić information content (AvgIpc) is 3.08. The second kappa shape index (κ2) is 10.2. The van der Waals surface area contributed by atoms with Crippen molar-refractivity contribution in [2.45, 2.75) is 43.3 Å². The van der Waals surface area contributed by atoms with E-state index in [4.69, 9.17) is 5.14 Å². The Labute approximate surface area is 190 Å². The number of aromatic nitrogens is 2. The van der Waals surface area contributed by atoms with Crippen LogP contribution in [-0.4, -0.2) is 35.5 Å². The molecular weight excluding hydrogens is 450 g/mol. The zero-order valence-electron chi connectivity index (χ0n) is 17.8. The number of primary sulfonamides is 1. The molecule has 0 saturated carbocycles. The zero-order valence-corrected chi connectivity index (χ0v) is 19.4. The molecular formula is C21H25N5O4S2. The van der Waals surface area contributed by atoms with Gasteiger partial charge in [-0.3, -0.25) is 9.59 Å². The van der Waals surface area contributed by atoms with Crippen LogP contribution in [0.25, 0.3) is 11.0 Å². The van der Waals surface area contributed by atoms with Crippen molar-refractivity contribution in [3.63, 3.8) is 0 Å². The van der Waals surface area contributed by atoms with Gasteiger partial charge in [-0.05, 0) is 48.9 Å². The summed E-state index contributed by atoms with van der Waals surface area (Å²) < 4.78 is 25.3. The molecule has 0 aliphatic carbocycles. The Balaban J connectivity index is 1.73. The van der Waals surface area contributed by atoms with Crippen molar-refractivity contribution in [3.05, 3.63) is 42.5 Å². The number of anilines is 2. The highest BCUT2D eigenvalue weighted by atomic mass is 32.2. The summed E-state index contributed by atoms with van der Waals surface area (Å²) in [7, 11) is -3.83. The number of nitrogens with zero attached hydrogens (tertiary/aromatic N) is 2. The molecule has 0 spiro atoms. The number of carbonyl (C=O) groups is 2. The fourth-order valence-electron chi connectivity index (χ4n) is 3.07. The summed E-state index contributed by atoms with van der Waals surface area (Å²) >= 11 is 1.28. The number of nitrogens with one attached hydrogen (secondary N) is 2. The fourth-order valence-corrected chi connectivity index (χ4v) is 4.45. The summed E-state index contributed by atoms with van der Waals surface area (Å²) in [5, 5.41) is 11.4. The van der Waals surface area contributed by atoms with Gasteiger partial charge in [0.1, 0.15) is 0 Å². The Hall–Kier alpha value is -2.89. The highest BCUT2D eigenvalue weighted by Gasteiger charge is 2.16. The molecule has 0 fully saturated rings. The lowest BCUT2D eigenvalue weighted by atomic mass is 10.3. The zero-order chi connectivity index (χ0) is 23.3. The molecule has 0 saturated heterocycles. The molecule has 2 amide bonds. The number of imidazole rings is 1. The van der Waals surface area contributed by atoms with Gasteiger partial charge in [0.15, 0.2) is 5.16 Å². The number of aryl methyl sites for hydroxylation is 1. The molecule has 3 rings (SSSR count). The number of thioether (sulfide) groups is 1. The Bertz CT molecular complexity index is 1240. The van der Waals surface area contributed by atoms with Gasteiger partial charge < -0.3 is 15.2 Å². The number of amides is 2. The summed E-state index contributed by atoms with van der Waals surface area (Å²) in [6.07, 6.45) is 1.90. The number of rotatable bonds is 9. The van der Waals surface area contributed by atoms with Gasteiger partial charge in [-0.2, -0.15) is 0 Å². The summed E-state index contributed by atoms with van der Waals surface area (Å²) in [6.45, 7) is 4.21. The molecule has 9 nitrogen and oxygen atoms in total. The van der Waals surface area contributed by atoms with E-state index in [1.165, 1.54) is 30.8 Å². The minimum atomic E-state index is -3.83. The second-order valence-electron chi connectivity index (χ2n) is 7.19. The van der Waals surface area contributed by atoms with E-state index in [0.29, 0.717) is 28.6 Å². The largest absolute Gasteiger partial charge is 0.326 e. The molecule has 11 heteroatoms. The Kier molecular flexibility index (Phi) is 7.54. The van der Waals surface area contributed by atoms with Crippen LogP contribution in [-0.2, 0) is 26.2 Å². The van der Waals surface area contributed by atoms with Gasteiger partial charge in [0, 0.05) is 24.8 Å². The monoisotopic (exact) mass is 475 g/mol. The summed E-state index contributed by atoms with van der Waals surface area (Å²) in [5.41, 5.74) is 2.57. The van der Waals surface area contributed by atoms with Crippen molar-refractivity contribution in [3.8, 4) is 0 Å². The second-order valence-corrected chi connectivity index (χ2v) is 9.69. The van der Waals surface area contributed by atoms with E-state index in [0.717, 1.165) is 18.4 Å². The molecule has 170 valence electrons. The minimum Gasteiger partial charge on any atom is -0.326 e. The Morgan fingerprint density at radius 2 is 1.75 bits per heavy atom. The maximum atomic E-state index is 12.4. The first-order valence-electron chi connectivity index (χ1n) is 10.0. The van der Waals surface area contributed by atoms with Crippen LogP contribution in [0.4, 0.5) is 11.4 Å². The predicted octanol–water partition coefficient (Wildman–Crippen LogP) is 3.17. The lowest BCUT2D eigenvalue weighted by Crippen LogP contribution is -2.14. The van der Waals surface area contributed by atoms with E-state index in [1.54, 1.807) is 30.3 Å². The first-order chi connectivity index (χ1) is 15.2. The Morgan fingerprint density at radius 3 is 2.34 bits per heavy atom. The lowest BCUT2D eigenvalue weighted by molar-refractivity contribution is -0.114. The van der Waals surface area contributed by atoms with Crippen molar-refractivity contribution in [1.29, 1.82) is 0 Å². The SMILES string of the molecule is CCCCn1c(SCC(=O)Nc2ccc(NC(C)=O)cc2)nc2cc(S(N)(=O)=O)ccc21. The van der Waals surface area contributed by atoms with E-state index in [2.05, 4.69) is 22.5 Å². The van der Waals surface area contributed by atoms with E-state index < -0.39 is 10.0 Å². The number of nitrogens with two attached hydrogens (primary N) is 1. The normalized spacial score (nSPS) is 11.5. The fraction of sp³-hybridized carbons (Fsp3) is 0.286. The number of carbonyl (C=O) groups excluding carboxylic acids is 2. The standard InChI is InChI=1S/C21H25N5O4S2/c1-3-4-11-26-19-10-9-17(32(22,29)30)12-18(19)25-21(26)31-13-20(28)24-16-7-5-15(6-8-16)23-14(2)27/h5-10,12H,3-4,11,13H2,1-2H3,(H,23,27)(H,24,28)(H2,22,29,30). The van der Waals surface area contributed by atoms with Crippen LogP contribution in [0.5, 0.6) is 0 Å². The first-order valence-corrected chi connectivity index (χ1v) is 12.5. The maximum Gasteiger partial charge on any atom is 0.238 e. The van der Waals surface area contributed by atoms with E-state index in [9.17, 15) is 18.0 Å². The predicted molar refractivity (Wildman–Crippen MR) is 126 cm³/mol. The van der Waals surface area contributed by atoms with Gasteiger partial charge in [-0.25, -0.2) is 18.5 Å². The van der Waals surface area contributed by atoms with Crippen LogP contribution >= 0.6 is 11.8 Å². The first kappa shape index (κ1) is 23.8. The van der Waals surface area contributed by atoms with Gasteiger partial charge in [0.25, 0.3) is 0 Å². The molecule has 1 aromatic heterocycles. The molecule has 0 radical (unpaired) electrons. The maximum absolute atomic E-state index is 12.4. The number of fused-ring (bicyclic) bond motifs is 1. The quantitative estimate of drug-likeness (QED) is 0.407. The van der Waals surface area contributed by atoms with Crippen LogP contribution in [0, 0.1) is 0 Å². The number of benzene rings is 2. The molecule has 4 N–H and O–H groups in total. The van der Waals surface area contributed by atoms with E-state index in [-0.39, 0.29) is 22.5 Å². The lowest BCUT2D eigenvalue weighted by Gasteiger charge is -2.09. The molecule has 32 heavy (non-hydrogen) atoms. The molecule has 1 heterocycles. The van der Waals surface area contributed by atoms with Gasteiger partial charge in [0.05, 0.1) is 21.7 Å². The molecule has 0 aliphatic rings. The molecule has 0 unspecified atom stereocenters. The molecule has 0 aliphatic heterocycles. The summed E-state index contributed by atoms with van der Waals surface area (Å²) in [4.78, 5) is 28.1. The molecule has 0 bridgehead atoms. The Morgan fingerprint density at radius 1 is 1.09 bits per heavy atom. The van der Waals surface area contributed by atoms with Gasteiger partial charge >= 0.3 is 0 Å². The van der Waals surface area contributed by atoms with Crippen LogP contribution in [0.15, 0.2) is 52.5 Å². The number of unbranched alkanes of at least 4 members (excludes halogenated alkanes) is 1. The number of hydrogen-bond donors (Lipinski definition) is 3. The highest BCUT2D eigenvalue weighted by molar-refractivity contribution is 7.99. The molecule has 3 aromatic rings. The average molecular weight is 476 g/mol. The van der Waals surface area contributed by atoms with E-state index in [1.807, 2.05) is 4.57 Å². The summed E-state index contributed by atoms with van der Waals surface area (Å²) in [5.74, 6) is -0.243. The minimum absolute atomic E-state index is 0.00199. The number of hydrogen-bond acceptors (Lipinski definition) is 6. The van der Waals surface area contributed by atoms with Crippen LogP contribution in [0.3, 0.4) is 0 Å². The van der Waals surface area contributed by atoms with Gasteiger partial charge in [-0.15, -0.1) is 0 Å². The smallest absolute Gasteiger partial charge is 0.238 e. The third-order valence-electron chi connectivity index (χ3n) is 4.57. The molecule has 2 aromatic carbocycles. The van der Waals surface area contributed by atoms with Gasteiger partial charge in [0.2, 0.25) is 21.8 Å². The van der Waals surface area contributed by atoms with Crippen molar-refractivity contribution in [2.24, 2.45) is 5.14 Å². The molecule has 0 atom stereocenters. The van der Waals surface area contributed by atoms with E-state index >= 15 is 0 Å². The van der Waals surface area contributed by atoms with Crippen molar-refractivity contribution < 1.29 is 18.0 Å².